The van der Waals surface area contributed by atoms with E-state index in [0.717, 1.165) is 5.56 Å². The van der Waals surface area contributed by atoms with Gasteiger partial charge in [0, 0.05) is 0 Å². The molecule has 0 radical (unpaired) electrons. The summed E-state index contributed by atoms with van der Waals surface area (Å²) in [5.74, 6) is -0.271. The molecule has 1 aliphatic rings. The number of rotatable bonds is 1. The van der Waals surface area contributed by atoms with E-state index in [2.05, 4.69) is 10.6 Å². The van der Waals surface area contributed by atoms with Crippen LogP contribution in [0.25, 0.3) is 0 Å². The molecule has 0 saturated carbocycles. The Morgan fingerprint density at radius 3 is 1.85 bits per heavy atom. The molecule has 1 heterocycles. The summed E-state index contributed by atoms with van der Waals surface area (Å²) in [5, 5.41) is 9.44. The third-order valence-electron chi connectivity index (χ3n) is 2.57. The Hall–Kier alpha value is -1.93. The van der Waals surface area contributed by atoms with Crippen LogP contribution < -0.4 is 15.8 Å². The van der Waals surface area contributed by atoms with E-state index in [9.17, 15) is 18.0 Å². The third-order valence-corrected chi connectivity index (χ3v) is 3.50. The van der Waals surface area contributed by atoms with Crippen molar-refractivity contribution in [3.05, 3.63) is 29.8 Å². The molecule has 0 bridgehead atoms. The zero-order valence-corrected chi connectivity index (χ0v) is 12.2. The van der Waals surface area contributed by atoms with Crippen molar-refractivity contribution in [1.82, 2.24) is 10.6 Å². The minimum atomic E-state index is -3.52. The number of sulfonamides is 1. The van der Waals surface area contributed by atoms with Crippen molar-refractivity contribution >= 4 is 22.0 Å². The summed E-state index contributed by atoms with van der Waals surface area (Å²) in [5.41, 5.74) is 0.286. The molecule has 8 heteroatoms. The quantitative estimate of drug-likeness (QED) is 0.644. The second kappa shape index (κ2) is 5.59. The molecular formula is C12H17N3O4S. The maximum Gasteiger partial charge on any atom is 0.322 e. The van der Waals surface area contributed by atoms with Crippen LogP contribution in [0.3, 0.4) is 0 Å². The Balaban J connectivity index is 0.000000204. The molecule has 0 atom stereocenters. The average molecular weight is 299 g/mol. The largest absolute Gasteiger partial charge is 0.324 e. The summed E-state index contributed by atoms with van der Waals surface area (Å²) < 4.78 is 21.4. The Bertz CT molecular complexity index is 621. The van der Waals surface area contributed by atoms with E-state index >= 15 is 0 Å². The summed E-state index contributed by atoms with van der Waals surface area (Å²) in [7, 11) is -3.52. The number of primary sulfonamides is 1. The zero-order chi connectivity index (χ0) is 15.6. The van der Waals surface area contributed by atoms with Crippen LogP contribution in [0.5, 0.6) is 0 Å². The van der Waals surface area contributed by atoms with Gasteiger partial charge in [-0.1, -0.05) is 17.7 Å². The molecule has 1 fully saturated rings. The highest BCUT2D eigenvalue weighted by Crippen LogP contribution is 2.07. The minimum Gasteiger partial charge on any atom is -0.324 e. The summed E-state index contributed by atoms with van der Waals surface area (Å²) in [6.07, 6.45) is 0. The van der Waals surface area contributed by atoms with E-state index in [-0.39, 0.29) is 10.8 Å². The van der Waals surface area contributed by atoms with Gasteiger partial charge in [0.2, 0.25) is 10.0 Å². The number of nitrogens with one attached hydrogen (secondary N) is 2. The molecule has 0 aliphatic carbocycles. The van der Waals surface area contributed by atoms with E-state index in [1.807, 2.05) is 6.92 Å². The molecule has 3 amide bonds. The van der Waals surface area contributed by atoms with Gasteiger partial charge in [-0.3, -0.25) is 10.1 Å². The molecule has 1 saturated heterocycles. The molecule has 4 N–H and O–H groups in total. The number of hydrogen-bond donors (Lipinski definition) is 3. The first-order valence-electron chi connectivity index (χ1n) is 5.75. The third kappa shape index (κ3) is 4.32. The van der Waals surface area contributed by atoms with E-state index in [4.69, 9.17) is 5.14 Å². The smallest absolute Gasteiger partial charge is 0.322 e. The number of carbonyl (C=O) groups is 2. The first kappa shape index (κ1) is 16.1. The normalized spacial score (nSPS) is 16.8. The fraction of sp³-hybridized carbons (Fsp3) is 0.333. The Labute approximate surface area is 117 Å². The Kier molecular flexibility index (Phi) is 4.51. The van der Waals surface area contributed by atoms with Gasteiger partial charge < -0.3 is 5.32 Å². The van der Waals surface area contributed by atoms with Crippen molar-refractivity contribution in [3.63, 3.8) is 0 Å². The summed E-state index contributed by atoms with van der Waals surface area (Å²) in [6, 6.07) is 5.99. The standard InChI is InChI=1S/C7H9NO2S.C5H8N2O2/c1-6-2-4-7(5-3-6)11(8,9)10;1-5(2)3(8)6-4(9)7-5/h2-5H,1H3,(H2,8,9,10);1-2H3,(H2,6,7,8,9). The maximum atomic E-state index is 10.7. The van der Waals surface area contributed by atoms with Crippen LogP contribution in [0.2, 0.25) is 0 Å². The first-order chi connectivity index (χ1) is 9.02. The van der Waals surface area contributed by atoms with Gasteiger partial charge >= 0.3 is 6.03 Å². The second-order valence-electron chi connectivity index (χ2n) is 4.89. The molecular weight excluding hydrogens is 282 g/mol. The number of aryl methyl sites for hydroxylation is 1. The Morgan fingerprint density at radius 2 is 1.60 bits per heavy atom. The number of hydrogen-bond acceptors (Lipinski definition) is 4. The Morgan fingerprint density at radius 1 is 1.10 bits per heavy atom. The van der Waals surface area contributed by atoms with Gasteiger partial charge in [-0.25, -0.2) is 18.4 Å². The van der Waals surface area contributed by atoms with Crippen molar-refractivity contribution in [3.8, 4) is 0 Å². The highest BCUT2D eigenvalue weighted by molar-refractivity contribution is 7.89. The molecule has 1 aromatic carbocycles. The van der Waals surface area contributed by atoms with Crippen LogP contribution in [0.15, 0.2) is 29.2 Å². The van der Waals surface area contributed by atoms with Crippen molar-refractivity contribution < 1.29 is 18.0 Å². The van der Waals surface area contributed by atoms with Crippen LogP contribution in [-0.4, -0.2) is 25.9 Å². The number of nitrogens with two attached hydrogens (primary N) is 1. The molecule has 0 unspecified atom stereocenters. The van der Waals surface area contributed by atoms with Crippen LogP contribution in [0.1, 0.15) is 19.4 Å². The predicted molar refractivity (Wildman–Crippen MR) is 73.3 cm³/mol. The van der Waals surface area contributed by atoms with E-state index < -0.39 is 21.6 Å². The molecule has 1 aromatic rings. The van der Waals surface area contributed by atoms with Gasteiger partial charge in [0.25, 0.3) is 5.91 Å². The molecule has 20 heavy (non-hydrogen) atoms. The lowest BCUT2D eigenvalue weighted by Gasteiger charge is -2.11. The summed E-state index contributed by atoms with van der Waals surface area (Å²) in [6.45, 7) is 5.17. The van der Waals surface area contributed by atoms with Crippen molar-refractivity contribution in [2.75, 3.05) is 0 Å². The van der Waals surface area contributed by atoms with Crippen molar-refractivity contribution in [2.45, 2.75) is 31.2 Å². The maximum absolute atomic E-state index is 10.7. The lowest BCUT2D eigenvalue weighted by atomic mass is 10.1. The van der Waals surface area contributed by atoms with Gasteiger partial charge in [0.1, 0.15) is 5.54 Å². The molecule has 2 rings (SSSR count). The minimum absolute atomic E-state index is 0.156. The summed E-state index contributed by atoms with van der Waals surface area (Å²) in [4.78, 5) is 21.3. The van der Waals surface area contributed by atoms with Crippen molar-refractivity contribution in [2.24, 2.45) is 5.14 Å². The summed E-state index contributed by atoms with van der Waals surface area (Å²) >= 11 is 0. The van der Waals surface area contributed by atoms with E-state index in [0.29, 0.717) is 0 Å². The van der Waals surface area contributed by atoms with Gasteiger partial charge in [0.05, 0.1) is 4.90 Å². The van der Waals surface area contributed by atoms with Gasteiger partial charge in [-0.15, -0.1) is 0 Å². The van der Waals surface area contributed by atoms with Crippen LogP contribution in [-0.2, 0) is 14.8 Å². The number of imide groups is 1. The highest BCUT2D eigenvalue weighted by Gasteiger charge is 2.36. The van der Waals surface area contributed by atoms with Crippen molar-refractivity contribution in [1.29, 1.82) is 0 Å². The lowest BCUT2D eigenvalue weighted by Crippen LogP contribution is -2.39. The monoisotopic (exact) mass is 299 g/mol. The van der Waals surface area contributed by atoms with Gasteiger partial charge in [-0.05, 0) is 32.9 Å². The van der Waals surface area contributed by atoms with Gasteiger partial charge in [-0.2, -0.15) is 0 Å². The van der Waals surface area contributed by atoms with Crippen LogP contribution >= 0.6 is 0 Å². The number of carbonyl (C=O) groups excluding carboxylic acids is 2. The van der Waals surface area contributed by atoms with Crippen LogP contribution in [0.4, 0.5) is 4.79 Å². The molecule has 7 nitrogen and oxygen atoms in total. The lowest BCUT2D eigenvalue weighted by molar-refractivity contribution is -0.122. The number of urea groups is 1. The molecule has 110 valence electrons. The van der Waals surface area contributed by atoms with Crippen LogP contribution in [0, 0.1) is 6.92 Å². The predicted octanol–water partition coefficient (Wildman–Crippen LogP) is 0.247. The van der Waals surface area contributed by atoms with Gasteiger partial charge in [0.15, 0.2) is 0 Å². The first-order valence-corrected chi connectivity index (χ1v) is 7.30. The topological polar surface area (TPSA) is 118 Å². The second-order valence-corrected chi connectivity index (χ2v) is 6.45. The fourth-order valence-corrected chi connectivity index (χ4v) is 1.87. The highest BCUT2D eigenvalue weighted by atomic mass is 32.2. The molecule has 0 spiro atoms. The molecule has 1 aliphatic heterocycles. The van der Waals surface area contributed by atoms with E-state index in [1.54, 1.807) is 26.0 Å². The number of benzene rings is 1. The fourth-order valence-electron chi connectivity index (χ4n) is 1.36. The molecule has 0 aromatic heterocycles. The number of amides is 3. The zero-order valence-electron chi connectivity index (χ0n) is 11.4. The SMILES string of the molecule is CC1(C)NC(=O)NC1=O.Cc1ccc(S(N)(=O)=O)cc1. The van der Waals surface area contributed by atoms with E-state index in [1.165, 1.54) is 12.1 Å². The average Bonchev–Trinajstić information content (AvgIpc) is 2.50.